The monoisotopic (exact) mass is 235 g/mol. The van der Waals surface area contributed by atoms with E-state index in [2.05, 4.69) is 0 Å². The summed E-state index contributed by atoms with van der Waals surface area (Å²) in [4.78, 5) is 0. The van der Waals surface area contributed by atoms with E-state index in [-0.39, 0.29) is 12.0 Å². The maximum atomic E-state index is 13.4. The summed E-state index contributed by atoms with van der Waals surface area (Å²) in [6.45, 7) is 0. The third-order valence-electron chi connectivity index (χ3n) is 1.90. The Bertz CT molecular complexity index is 433. The van der Waals surface area contributed by atoms with E-state index in [0.29, 0.717) is 0 Å². The molecule has 0 fully saturated rings. The molecule has 1 aromatic carbocycles. The Morgan fingerprint density at radius 3 is 2.47 bits per heavy atom. The van der Waals surface area contributed by atoms with Crippen LogP contribution in [-0.4, -0.2) is 14.2 Å². The molecular weight excluding hydrogens is 224 g/mol. The molecule has 1 aromatic rings. The molecule has 3 nitrogen and oxygen atoms in total. The van der Waals surface area contributed by atoms with Crippen LogP contribution in [0, 0.1) is 5.82 Å². The predicted molar refractivity (Wildman–Crippen MR) is 52.8 cm³/mol. The maximum absolute atomic E-state index is 13.4. The molecule has 0 saturated carbocycles. The van der Waals surface area contributed by atoms with Crippen molar-refractivity contribution in [2.24, 2.45) is 5.14 Å². The second-order valence-corrected chi connectivity index (χ2v) is 4.88. The average Bonchev–Trinajstić information content (AvgIpc) is 2.14. The van der Waals surface area contributed by atoms with Crippen molar-refractivity contribution in [2.45, 2.75) is 12.6 Å². The van der Waals surface area contributed by atoms with Gasteiger partial charge < -0.3 is 0 Å². The van der Waals surface area contributed by atoms with Crippen molar-refractivity contribution in [3.05, 3.63) is 35.6 Å². The smallest absolute Gasteiger partial charge is 0.209 e. The summed E-state index contributed by atoms with van der Waals surface area (Å²) in [5.74, 6) is -1.18. The Kier molecular flexibility index (Phi) is 3.76. The zero-order valence-corrected chi connectivity index (χ0v) is 8.68. The summed E-state index contributed by atoms with van der Waals surface area (Å²) in [5.41, 5.74) is -0.138. The summed E-state index contributed by atoms with van der Waals surface area (Å²) < 4.78 is 47.5. The lowest BCUT2D eigenvalue weighted by molar-refractivity contribution is 0.324. The summed E-state index contributed by atoms with van der Waals surface area (Å²) in [6, 6.07) is 5.33. The van der Waals surface area contributed by atoms with Crippen LogP contribution in [-0.2, 0) is 10.0 Å². The highest BCUT2D eigenvalue weighted by Gasteiger charge is 2.16. The molecule has 0 aliphatic heterocycles. The van der Waals surface area contributed by atoms with E-state index in [1.807, 2.05) is 0 Å². The molecule has 0 amide bonds. The number of rotatable bonds is 4. The molecule has 15 heavy (non-hydrogen) atoms. The van der Waals surface area contributed by atoms with Crippen LogP contribution in [0.15, 0.2) is 24.3 Å². The van der Waals surface area contributed by atoms with Crippen molar-refractivity contribution in [2.75, 3.05) is 5.75 Å². The number of nitrogens with two attached hydrogens (primary N) is 1. The Morgan fingerprint density at radius 1 is 1.33 bits per heavy atom. The lowest BCUT2D eigenvalue weighted by atomic mass is 10.1. The number of benzene rings is 1. The molecule has 0 spiro atoms. The fraction of sp³-hybridized carbons (Fsp3) is 0.333. The molecule has 0 heterocycles. The van der Waals surface area contributed by atoms with Crippen LogP contribution in [0.2, 0.25) is 0 Å². The zero-order valence-electron chi connectivity index (χ0n) is 7.86. The van der Waals surface area contributed by atoms with E-state index in [9.17, 15) is 17.2 Å². The minimum atomic E-state index is -3.70. The van der Waals surface area contributed by atoms with Gasteiger partial charge in [-0.3, -0.25) is 0 Å². The molecule has 0 aromatic heterocycles. The predicted octanol–water partition coefficient (Wildman–Crippen LogP) is 1.51. The van der Waals surface area contributed by atoms with Crippen LogP contribution in [0.1, 0.15) is 18.2 Å². The molecule has 0 bridgehead atoms. The van der Waals surface area contributed by atoms with Gasteiger partial charge >= 0.3 is 0 Å². The van der Waals surface area contributed by atoms with Gasteiger partial charge in [-0.1, -0.05) is 18.2 Å². The largest absolute Gasteiger partial charge is 0.242 e. The number of alkyl halides is 1. The standard InChI is InChI=1S/C9H11F2NO2S/c10-8-4-2-1-3-7(8)9(11)5-6-15(12,13)14/h1-4,9H,5-6H2,(H2,12,13,14)/t9-/m1/s1. The lowest BCUT2D eigenvalue weighted by Gasteiger charge is -2.08. The molecule has 2 N–H and O–H groups in total. The van der Waals surface area contributed by atoms with Gasteiger partial charge in [0.1, 0.15) is 12.0 Å². The van der Waals surface area contributed by atoms with Gasteiger partial charge in [0.25, 0.3) is 0 Å². The van der Waals surface area contributed by atoms with Crippen LogP contribution in [0.3, 0.4) is 0 Å². The normalized spacial score (nSPS) is 13.8. The summed E-state index contributed by atoms with van der Waals surface area (Å²) >= 11 is 0. The molecule has 84 valence electrons. The van der Waals surface area contributed by atoms with Crippen LogP contribution >= 0.6 is 0 Å². The number of primary sulfonamides is 1. The van der Waals surface area contributed by atoms with Crippen molar-refractivity contribution in [1.82, 2.24) is 0 Å². The molecule has 1 rings (SSSR count). The number of hydrogen-bond acceptors (Lipinski definition) is 2. The number of sulfonamides is 1. The van der Waals surface area contributed by atoms with Crippen LogP contribution < -0.4 is 5.14 Å². The summed E-state index contributed by atoms with van der Waals surface area (Å²) in [7, 11) is -3.70. The molecule has 6 heteroatoms. The molecule has 0 unspecified atom stereocenters. The van der Waals surface area contributed by atoms with E-state index < -0.39 is 27.8 Å². The Morgan fingerprint density at radius 2 is 1.93 bits per heavy atom. The van der Waals surface area contributed by atoms with E-state index in [4.69, 9.17) is 5.14 Å². The first-order valence-corrected chi connectivity index (χ1v) is 6.00. The first-order valence-electron chi connectivity index (χ1n) is 4.29. The van der Waals surface area contributed by atoms with E-state index in [1.54, 1.807) is 0 Å². The second-order valence-electron chi connectivity index (χ2n) is 3.14. The van der Waals surface area contributed by atoms with Gasteiger partial charge in [0, 0.05) is 5.56 Å². The molecule has 0 saturated heterocycles. The van der Waals surface area contributed by atoms with Crippen molar-refractivity contribution >= 4 is 10.0 Å². The quantitative estimate of drug-likeness (QED) is 0.860. The highest BCUT2D eigenvalue weighted by molar-refractivity contribution is 7.89. The first-order chi connectivity index (χ1) is 6.90. The van der Waals surface area contributed by atoms with Crippen molar-refractivity contribution < 1.29 is 17.2 Å². The summed E-state index contributed by atoms with van der Waals surface area (Å²) in [5, 5.41) is 4.71. The first kappa shape index (κ1) is 12.1. The van der Waals surface area contributed by atoms with Crippen LogP contribution in [0.4, 0.5) is 8.78 Å². The SMILES string of the molecule is NS(=O)(=O)CC[C@@H](F)c1ccccc1F. The van der Waals surface area contributed by atoms with E-state index in [0.717, 1.165) is 6.07 Å². The van der Waals surface area contributed by atoms with Gasteiger partial charge in [-0.05, 0) is 12.5 Å². The molecular formula is C9H11F2NO2S. The minimum absolute atomic E-state index is 0.138. The minimum Gasteiger partial charge on any atom is -0.242 e. The Hall–Kier alpha value is -1.01. The Balaban J connectivity index is 2.70. The second kappa shape index (κ2) is 4.67. The van der Waals surface area contributed by atoms with Gasteiger partial charge in [0.2, 0.25) is 10.0 Å². The third kappa shape index (κ3) is 3.93. The van der Waals surface area contributed by atoms with Gasteiger partial charge in [-0.15, -0.1) is 0 Å². The fourth-order valence-electron chi connectivity index (χ4n) is 1.15. The molecule has 0 aliphatic carbocycles. The molecule has 0 aliphatic rings. The van der Waals surface area contributed by atoms with Gasteiger partial charge in [-0.25, -0.2) is 22.3 Å². The van der Waals surface area contributed by atoms with Gasteiger partial charge in [-0.2, -0.15) is 0 Å². The maximum Gasteiger partial charge on any atom is 0.209 e. The van der Waals surface area contributed by atoms with E-state index in [1.165, 1.54) is 18.2 Å². The molecule has 0 radical (unpaired) electrons. The van der Waals surface area contributed by atoms with Gasteiger partial charge in [0.05, 0.1) is 5.75 Å². The average molecular weight is 235 g/mol. The van der Waals surface area contributed by atoms with Crippen LogP contribution in [0.5, 0.6) is 0 Å². The zero-order chi connectivity index (χ0) is 11.5. The van der Waals surface area contributed by atoms with Crippen molar-refractivity contribution in [3.8, 4) is 0 Å². The Labute approximate surface area is 87.0 Å². The fourth-order valence-corrected chi connectivity index (χ4v) is 1.69. The number of hydrogen-bond donors (Lipinski definition) is 1. The third-order valence-corrected chi connectivity index (χ3v) is 2.70. The highest BCUT2D eigenvalue weighted by atomic mass is 32.2. The van der Waals surface area contributed by atoms with E-state index >= 15 is 0 Å². The lowest BCUT2D eigenvalue weighted by Crippen LogP contribution is -2.17. The highest BCUT2D eigenvalue weighted by Crippen LogP contribution is 2.23. The van der Waals surface area contributed by atoms with Crippen molar-refractivity contribution in [1.29, 1.82) is 0 Å². The number of halogens is 2. The van der Waals surface area contributed by atoms with Crippen molar-refractivity contribution in [3.63, 3.8) is 0 Å². The summed E-state index contributed by atoms with van der Waals surface area (Å²) in [6.07, 6.45) is -1.98. The van der Waals surface area contributed by atoms with Gasteiger partial charge in [0.15, 0.2) is 0 Å². The van der Waals surface area contributed by atoms with Crippen LogP contribution in [0.25, 0.3) is 0 Å². The topological polar surface area (TPSA) is 60.2 Å². The molecule has 1 atom stereocenters.